The average molecular weight is 185 g/mol. The molecule has 0 spiro atoms. The summed E-state index contributed by atoms with van der Waals surface area (Å²) in [6.07, 6.45) is 4.88. The molecule has 0 aromatic heterocycles. The van der Waals surface area contributed by atoms with Crippen LogP contribution in [0, 0.1) is 5.92 Å². The monoisotopic (exact) mass is 185 g/mol. The van der Waals surface area contributed by atoms with Gasteiger partial charge in [-0.05, 0) is 39.2 Å². The van der Waals surface area contributed by atoms with Gasteiger partial charge in [-0.1, -0.05) is 13.3 Å². The number of nitrogens with zero attached hydrogens (tertiary/aromatic N) is 1. The van der Waals surface area contributed by atoms with Gasteiger partial charge >= 0.3 is 0 Å². The molecular formula is C11H23NO. The highest BCUT2D eigenvalue weighted by molar-refractivity contribution is 4.77. The van der Waals surface area contributed by atoms with Gasteiger partial charge in [0, 0.05) is 12.6 Å². The average Bonchev–Trinajstić information content (AvgIpc) is 2.08. The first-order chi connectivity index (χ1) is 6.15. The lowest BCUT2D eigenvalue weighted by atomic mass is 9.85. The molecule has 1 rings (SSSR count). The van der Waals surface area contributed by atoms with Crippen molar-refractivity contribution in [2.45, 2.75) is 51.7 Å². The molecule has 0 aromatic carbocycles. The van der Waals surface area contributed by atoms with Crippen LogP contribution in [0.25, 0.3) is 0 Å². The van der Waals surface area contributed by atoms with E-state index in [4.69, 9.17) is 0 Å². The molecular weight excluding hydrogens is 162 g/mol. The van der Waals surface area contributed by atoms with Crippen molar-refractivity contribution in [2.24, 2.45) is 5.92 Å². The Morgan fingerprint density at radius 1 is 1.46 bits per heavy atom. The van der Waals surface area contributed by atoms with Crippen LogP contribution in [0.1, 0.15) is 39.5 Å². The van der Waals surface area contributed by atoms with Gasteiger partial charge in [-0.15, -0.1) is 0 Å². The fourth-order valence-corrected chi connectivity index (χ4v) is 1.88. The number of aliphatic hydroxyl groups is 1. The summed E-state index contributed by atoms with van der Waals surface area (Å²) in [7, 11) is 2.13. The highest BCUT2D eigenvalue weighted by Crippen LogP contribution is 2.27. The molecule has 2 unspecified atom stereocenters. The molecule has 13 heavy (non-hydrogen) atoms. The largest absolute Gasteiger partial charge is 0.392 e. The highest BCUT2D eigenvalue weighted by atomic mass is 16.3. The van der Waals surface area contributed by atoms with E-state index >= 15 is 0 Å². The van der Waals surface area contributed by atoms with Crippen molar-refractivity contribution in [1.82, 2.24) is 4.90 Å². The van der Waals surface area contributed by atoms with E-state index in [1.54, 1.807) is 0 Å². The zero-order chi connectivity index (χ0) is 9.84. The second-order valence-corrected chi connectivity index (χ2v) is 4.45. The van der Waals surface area contributed by atoms with Gasteiger partial charge in [0.2, 0.25) is 0 Å². The molecule has 0 aromatic rings. The first-order valence-corrected chi connectivity index (χ1v) is 5.53. The summed E-state index contributed by atoms with van der Waals surface area (Å²) in [6, 6.07) is 0.311. The van der Waals surface area contributed by atoms with Crippen molar-refractivity contribution in [2.75, 3.05) is 13.6 Å². The van der Waals surface area contributed by atoms with Crippen LogP contribution in [0.5, 0.6) is 0 Å². The van der Waals surface area contributed by atoms with Crippen molar-refractivity contribution in [3.8, 4) is 0 Å². The summed E-state index contributed by atoms with van der Waals surface area (Å²) in [5.74, 6) is 0.900. The van der Waals surface area contributed by atoms with Gasteiger partial charge in [-0.2, -0.15) is 0 Å². The summed E-state index contributed by atoms with van der Waals surface area (Å²) >= 11 is 0. The van der Waals surface area contributed by atoms with Crippen molar-refractivity contribution in [3.63, 3.8) is 0 Å². The minimum Gasteiger partial charge on any atom is -0.392 e. The summed E-state index contributed by atoms with van der Waals surface area (Å²) < 4.78 is 0. The Bertz CT molecular complexity index is 145. The summed E-state index contributed by atoms with van der Waals surface area (Å²) in [5, 5.41) is 9.66. The van der Waals surface area contributed by atoms with E-state index in [1.807, 2.05) is 6.92 Å². The Morgan fingerprint density at radius 3 is 2.46 bits per heavy atom. The Morgan fingerprint density at radius 2 is 2.08 bits per heavy atom. The number of likely N-dealkylation sites (N-methyl/N-ethyl adjacent to an activating group) is 1. The standard InChI is InChI=1S/C11H23NO/c1-4-11(13)9(2)12(3)8-10-6-5-7-10/h9-11,13H,4-8H2,1-3H3. The van der Waals surface area contributed by atoms with Crippen molar-refractivity contribution >= 4 is 0 Å². The van der Waals surface area contributed by atoms with Crippen molar-refractivity contribution in [1.29, 1.82) is 0 Å². The van der Waals surface area contributed by atoms with Gasteiger partial charge in [0.05, 0.1) is 6.10 Å². The summed E-state index contributed by atoms with van der Waals surface area (Å²) in [4.78, 5) is 2.30. The molecule has 2 heteroatoms. The molecule has 0 radical (unpaired) electrons. The number of hydrogen-bond donors (Lipinski definition) is 1. The topological polar surface area (TPSA) is 23.5 Å². The quantitative estimate of drug-likeness (QED) is 0.707. The van der Waals surface area contributed by atoms with Crippen LogP contribution in [-0.2, 0) is 0 Å². The third kappa shape index (κ3) is 2.96. The molecule has 1 fully saturated rings. The number of aliphatic hydroxyl groups excluding tert-OH is 1. The molecule has 78 valence electrons. The van der Waals surface area contributed by atoms with E-state index in [2.05, 4.69) is 18.9 Å². The third-order valence-corrected chi connectivity index (χ3v) is 3.44. The van der Waals surface area contributed by atoms with Crippen molar-refractivity contribution in [3.05, 3.63) is 0 Å². The van der Waals surface area contributed by atoms with Gasteiger partial charge in [-0.3, -0.25) is 0 Å². The molecule has 2 atom stereocenters. The first kappa shape index (κ1) is 11.0. The Hall–Kier alpha value is -0.0800. The zero-order valence-corrected chi connectivity index (χ0v) is 9.16. The van der Waals surface area contributed by atoms with Crippen LogP contribution in [0.3, 0.4) is 0 Å². The minimum absolute atomic E-state index is 0.162. The molecule has 0 bridgehead atoms. The maximum Gasteiger partial charge on any atom is 0.0690 e. The van der Waals surface area contributed by atoms with Gasteiger partial charge in [0.25, 0.3) is 0 Å². The molecule has 2 nitrogen and oxygen atoms in total. The molecule has 1 N–H and O–H groups in total. The normalized spacial score (nSPS) is 22.8. The maximum absolute atomic E-state index is 9.66. The van der Waals surface area contributed by atoms with E-state index in [1.165, 1.54) is 19.3 Å². The molecule has 0 aliphatic heterocycles. The Labute approximate surface area is 81.9 Å². The smallest absolute Gasteiger partial charge is 0.0690 e. The second kappa shape index (κ2) is 4.97. The first-order valence-electron chi connectivity index (χ1n) is 5.53. The van der Waals surface area contributed by atoms with Crippen LogP contribution >= 0.6 is 0 Å². The predicted octanol–water partition coefficient (Wildman–Crippen LogP) is 1.88. The van der Waals surface area contributed by atoms with Gasteiger partial charge in [0.1, 0.15) is 0 Å². The van der Waals surface area contributed by atoms with Gasteiger partial charge in [-0.25, -0.2) is 0 Å². The molecule has 1 aliphatic carbocycles. The van der Waals surface area contributed by atoms with Crippen LogP contribution in [0.4, 0.5) is 0 Å². The second-order valence-electron chi connectivity index (χ2n) is 4.45. The van der Waals surface area contributed by atoms with Crippen LogP contribution in [0.2, 0.25) is 0 Å². The Kier molecular flexibility index (Phi) is 4.20. The van der Waals surface area contributed by atoms with Gasteiger partial charge in [0.15, 0.2) is 0 Å². The van der Waals surface area contributed by atoms with E-state index in [0.29, 0.717) is 6.04 Å². The SMILES string of the molecule is CCC(O)C(C)N(C)CC1CCC1. The van der Waals surface area contributed by atoms with E-state index in [0.717, 1.165) is 18.9 Å². The number of hydrogen-bond acceptors (Lipinski definition) is 2. The molecule has 0 heterocycles. The summed E-state index contributed by atoms with van der Waals surface area (Å²) in [5.41, 5.74) is 0. The van der Waals surface area contributed by atoms with Crippen LogP contribution in [-0.4, -0.2) is 35.7 Å². The molecule has 1 saturated carbocycles. The van der Waals surface area contributed by atoms with Crippen LogP contribution in [0.15, 0.2) is 0 Å². The fourth-order valence-electron chi connectivity index (χ4n) is 1.88. The minimum atomic E-state index is -0.162. The highest BCUT2D eigenvalue weighted by Gasteiger charge is 2.23. The van der Waals surface area contributed by atoms with E-state index < -0.39 is 0 Å². The molecule has 0 amide bonds. The maximum atomic E-state index is 9.66. The number of rotatable bonds is 5. The lowest BCUT2D eigenvalue weighted by molar-refractivity contribution is 0.0539. The van der Waals surface area contributed by atoms with E-state index in [9.17, 15) is 5.11 Å². The van der Waals surface area contributed by atoms with E-state index in [-0.39, 0.29) is 6.10 Å². The fraction of sp³-hybridized carbons (Fsp3) is 1.00. The van der Waals surface area contributed by atoms with Crippen molar-refractivity contribution < 1.29 is 5.11 Å². The van der Waals surface area contributed by atoms with Crippen LogP contribution < -0.4 is 0 Å². The Balaban J connectivity index is 2.23. The molecule has 0 saturated heterocycles. The molecule has 1 aliphatic rings. The zero-order valence-electron chi connectivity index (χ0n) is 9.16. The summed E-state index contributed by atoms with van der Waals surface area (Å²) in [6.45, 7) is 5.32. The lowest BCUT2D eigenvalue weighted by Gasteiger charge is -2.35. The predicted molar refractivity (Wildman–Crippen MR) is 55.7 cm³/mol. The lowest BCUT2D eigenvalue weighted by Crippen LogP contribution is -2.42. The van der Waals surface area contributed by atoms with Gasteiger partial charge < -0.3 is 10.0 Å². The third-order valence-electron chi connectivity index (χ3n) is 3.44.